The third kappa shape index (κ3) is 2.54. The lowest BCUT2D eigenvalue weighted by molar-refractivity contribution is 0.0798. The molecule has 1 N–H and O–H groups in total. The third-order valence-electron chi connectivity index (χ3n) is 4.54. The summed E-state index contributed by atoms with van der Waals surface area (Å²) in [7, 11) is 2.23. The van der Waals surface area contributed by atoms with E-state index in [1.807, 2.05) is 0 Å². The Bertz CT molecular complexity index is 189. The van der Waals surface area contributed by atoms with Crippen molar-refractivity contribution in [1.82, 2.24) is 4.90 Å². The van der Waals surface area contributed by atoms with Gasteiger partial charge < -0.3 is 10.0 Å². The Morgan fingerprint density at radius 2 is 1.87 bits per heavy atom. The topological polar surface area (TPSA) is 23.5 Å². The van der Waals surface area contributed by atoms with Crippen molar-refractivity contribution in [2.45, 2.75) is 51.0 Å². The summed E-state index contributed by atoms with van der Waals surface area (Å²) < 4.78 is 0. The first-order valence-corrected chi connectivity index (χ1v) is 6.64. The number of rotatable bonds is 3. The van der Waals surface area contributed by atoms with E-state index in [0.29, 0.717) is 18.6 Å². The molecular weight excluding hydrogens is 186 g/mol. The van der Waals surface area contributed by atoms with E-state index in [4.69, 9.17) is 0 Å². The molecule has 0 aromatic heterocycles. The zero-order valence-electron chi connectivity index (χ0n) is 9.99. The highest BCUT2D eigenvalue weighted by atomic mass is 16.3. The van der Waals surface area contributed by atoms with Crippen LogP contribution in [0.15, 0.2) is 0 Å². The molecule has 15 heavy (non-hydrogen) atoms. The van der Waals surface area contributed by atoms with Gasteiger partial charge in [0.15, 0.2) is 0 Å². The summed E-state index contributed by atoms with van der Waals surface area (Å²) in [6.45, 7) is 1.63. The lowest BCUT2D eigenvalue weighted by atomic mass is 9.76. The fraction of sp³-hybridized carbons (Fsp3) is 1.00. The smallest absolute Gasteiger partial charge is 0.0476 e. The first kappa shape index (κ1) is 11.4. The summed E-state index contributed by atoms with van der Waals surface area (Å²) >= 11 is 0. The number of aliphatic hydroxyl groups is 1. The van der Waals surface area contributed by atoms with Crippen LogP contribution in [0.3, 0.4) is 0 Å². The van der Waals surface area contributed by atoms with Crippen LogP contribution in [-0.4, -0.2) is 36.2 Å². The number of nitrogens with zero attached hydrogens (tertiary/aromatic N) is 1. The molecule has 1 heterocycles. The Morgan fingerprint density at radius 1 is 1.13 bits per heavy atom. The van der Waals surface area contributed by atoms with Gasteiger partial charge >= 0.3 is 0 Å². The van der Waals surface area contributed by atoms with Crippen LogP contribution in [0.1, 0.15) is 44.9 Å². The Hall–Kier alpha value is -0.0800. The second-order valence-corrected chi connectivity index (χ2v) is 5.43. The van der Waals surface area contributed by atoms with Gasteiger partial charge in [0.05, 0.1) is 0 Å². The monoisotopic (exact) mass is 211 g/mol. The Labute approximate surface area is 93.7 Å². The fourth-order valence-corrected chi connectivity index (χ4v) is 3.62. The van der Waals surface area contributed by atoms with Crippen molar-refractivity contribution < 1.29 is 5.11 Å². The quantitative estimate of drug-likeness (QED) is 0.774. The highest BCUT2D eigenvalue weighted by molar-refractivity contribution is 4.87. The van der Waals surface area contributed by atoms with Crippen LogP contribution in [-0.2, 0) is 0 Å². The van der Waals surface area contributed by atoms with Crippen LogP contribution in [0, 0.1) is 11.8 Å². The zero-order chi connectivity index (χ0) is 10.7. The zero-order valence-corrected chi connectivity index (χ0v) is 9.99. The van der Waals surface area contributed by atoms with E-state index in [1.165, 1.54) is 51.5 Å². The van der Waals surface area contributed by atoms with Gasteiger partial charge in [-0.3, -0.25) is 0 Å². The number of hydrogen-bond acceptors (Lipinski definition) is 2. The maximum Gasteiger partial charge on any atom is 0.0476 e. The van der Waals surface area contributed by atoms with Crippen molar-refractivity contribution in [1.29, 1.82) is 0 Å². The summed E-state index contributed by atoms with van der Waals surface area (Å²) in [5.41, 5.74) is 0. The second kappa shape index (κ2) is 5.31. The van der Waals surface area contributed by atoms with Crippen LogP contribution >= 0.6 is 0 Å². The maximum atomic E-state index is 9.63. The number of aliphatic hydroxyl groups excluding tert-OH is 1. The van der Waals surface area contributed by atoms with Crippen molar-refractivity contribution >= 4 is 0 Å². The molecule has 2 heteroatoms. The number of hydrogen-bond donors (Lipinski definition) is 1. The van der Waals surface area contributed by atoms with Gasteiger partial charge in [-0.25, -0.2) is 0 Å². The van der Waals surface area contributed by atoms with Gasteiger partial charge in [-0.05, 0) is 32.4 Å². The minimum atomic E-state index is 0.402. The minimum absolute atomic E-state index is 0.402. The average Bonchev–Trinajstić information content (AvgIpc) is 2.68. The summed E-state index contributed by atoms with van der Waals surface area (Å²) in [5, 5.41) is 9.63. The average molecular weight is 211 g/mol. The molecular formula is C13H25NO. The summed E-state index contributed by atoms with van der Waals surface area (Å²) in [5.74, 6) is 1.35. The Morgan fingerprint density at radius 3 is 2.40 bits per heavy atom. The lowest BCUT2D eigenvalue weighted by Gasteiger charge is -2.36. The molecule has 2 fully saturated rings. The second-order valence-electron chi connectivity index (χ2n) is 5.43. The van der Waals surface area contributed by atoms with E-state index >= 15 is 0 Å². The largest absolute Gasteiger partial charge is 0.396 e. The first-order chi connectivity index (χ1) is 7.33. The predicted octanol–water partition coefficient (Wildman–Crippen LogP) is 2.27. The molecule has 1 saturated heterocycles. The van der Waals surface area contributed by atoms with Crippen LogP contribution in [0.25, 0.3) is 0 Å². The van der Waals surface area contributed by atoms with Crippen molar-refractivity contribution in [3.63, 3.8) is 0 Å². The molecule has 2 aliphatic rings. The standard InChI is InChI=1S/C13H25NO/c1-14-9-5-8-13(14)12(10-15)11-6-3-2-4-7-11/h11-13,15H,2-10H2,1H3. The molecule has 0 aromatic rings. The minimum Gasteiger partial charge on any atom is -0.396 e. The number of likely N-dealkylation sites (tertiary alicyclic amines) is 1. The first-order valence-electron chi connectivity index (χ1n) is 6.64. The molecule has 1 aliphatic carbocycles. The summed E-state index contributed by atoms with van der Waals surface area (Å²) in [6.07, 6.45) is 9.53. The molecule has 2 rings (SSSR count). The van der Waals surface area contributed by atoms with Gasteiger partial charge in [0, 0.05) is 18.6 Å². The molecule has 0 bridgehead atoms. The van der Waals surface area contributed by atoms with E-state index in [1.54, 1.807) is 0 Å². The third-order valence-corrected chi connectivity index (χ3v) is 4.54. The van der Waals surface area contributed by atoms with Crippen molar-refractivity contribution in [3.05, 3.63) is 0 Å². The normalized spacial score (nSPS) is 32.0. The molecule has 2 atom stereocenters. The molecule has 0 aromatic carbocycles. The molecule has 2 unspecified atom stereocenters. The van der Waals surface area contributed by atoms with E-state index in [-0.39, 0.29) is 0 Å². The van der Waals surface area contributed by atoms with Crippen molar-refractivity contribution in [2.24, 2.45) is 11.8 Å². The Kier molecular flexibility index (Phi) is 4.04. The summed E-state index contributed by atoms with van der Waals surface area (Å²) in [6, 6.07) is 0.665. The van der Waals surface area contributed by atoms with Gasteiger partial charge in [-0.2, -0.15) is 0 Å². The molecule has 2 nitrogen and oxygen atoms in total. The van der Waals surface area contributed by atoms with Gasteiger partial charge in [0.2, 0.25) is 0 Å². The predicted molar refractivity (Wildman–Crippen MR) is 62.8 cm³/mol. The van der Waals surface area contributed by atoms with E-state index in [9.17, 15) is 5.11 Å². The molecule has 0 amide bonds. The maximum absolute atomic E-state index is 9.63. The Balaban J connectivity index is 1.95. The summed E-state index contributed by atoms with van der Waals surface area (Å²) in [4.78, 5) is 2.47. The molecule has 0 radical (unpaired) electrons. The highest BCUT2D eigenvalue weighted by Gasteiger charge is 2.34. The van der Waals surface area contributed by atoms with Crippen molar-refractivity contribution in [2.75, 3.05) is 20.2 Å². The van der Waals surface area contributed by atoms with E-state index in [2.05, 4.69) is 11.9 Å². The van der Waals surface area contributed by atoms with Gasteiger partial charge in [0.1, 0.15) is 0 Å². The molecule has 1 saturated carbocycles. The fourth-order valence-electron chi connectivity index (χ4n) is 3.62. The van der Waals surface area contributed by atoms with Crippen LogP contribution in [0.2, 0.25) is 0 Å². The van der Waals surface area contributed by atoms with Gasteiger partial charge in [-0.15, -0.1) is 0 Å². The molecule has 1 aliphatic heterocycles. The molecule has 0 spiro atoms. The van der Waals surface area contributed by atoms with Crippen LogP contribution in [0.5, 0.6) is 0 Å². The lowest BCUT2D eigenvalue weighted by Crippen LogP contribution is -2.39. The SMILES string of the molecule is CN1CCCC1C(CO)C1CCCCC1. The van der Waals surface area contributed by atoms with E-state index < -0.39 is 0 Å². The highest BCUT2D eigenvalue weighted by Crippen LogP contribution is 2.35. The van der Waals surface area contributed by atoms with Crippen LogP contribution < -0.4 is 0 Å². The van der Waals surface area contributed by atoms with Crippen LogP contribution in [0.4, 0.5) is 0 Å². The molecule has 88 valence electrons. The van der Waals surface area contributed by atoms with Gasteiger partial charge in [-0.1, -0.05) is 32.1 Å². The van der Waals surface area contributed by atoms with E-state index in [0.717, 1.165) is 5.92 Å². The van der Waals surface area contributed by atoms with Gasteiger partial charge in [0.25, 0.3) is 0 Å². The van der Waals surface area contributed by atoms with Crippen molar-refractivity contribution in [3.8, 4) is 0 Å².